The summed E-state index contributed by atoms with van der Waals surface area (Å²) in [4.78, 5) is 0. The van der Waals surface area contributed by atoms with Crippen LogP contribution in [0.25, 0.3) is 0 Å². The largest absolute Gasteiger partial charge is 0.325 e. The first kappa shape index (κ1) is 11.4. The van der Waals surface area contributed by atoms with Gasteiger partial charge in [0.1, 0.15) is 0 Å². The highest BCUT2D eigenvalue weighted by atomic mass is 14.9. The molecule has 0 aromatic rings. The van der Waals surface area contributed by atoms with E-state index in [-0.39, 0.29) is 5.54 Å². The molecule has 2 fully saturated rings. The molecule has 3 N–H and O–H groups in total. The van der Waals surface area contributed by atoms with Crippen molar-refractivity contribution in [3.05, 3.63) is 0 Å². The summed E-state index contributed by atoms with van der Waals surface area (Å²) in [5, 5.41) is 3.58. The zero-order valence-electron chi connectivity index (χ0n) is 10.1. The van der Waals surface area contributed by atoms with Gasteiger partial charge in [-0.05, 0) is 57.0 Å². The van der Waals surface area contributed by atoms with Gasteiger partial charge >= 0.3 is 0 Å². The van der Waals surface area contributed by atoms with E-state index in [0.29, 0.717) is 0 Å². The summed E-state index contributed by atoms with van der Waals surface area (Å²) in [5.74, 6) is 1.90. The van der Waals surface area contributed by atoms with Crippen molar-refractivity contribution >= 4 is 0 Å². The molecule has 0 aliphatic heterocycles. The predicted molar refractivity (Wildman–Crippen MR) is 64.8 cm³/mol. The fraction of sp³-hybridized carbons (Fsp3) is 1.00. The Hall–Kier alpha value is -0.0800. The number of nitrogens with two attached hydrogens (primary N) is 1. The molecule has 0 saturated heterocycles. The molecule has 0 heterocycles. The van der Waals surface area contributed by atoms with Crippen LogP contribution < -0.4 is 11.1 Å². The third-order valence-electron chi connectivity index (χ3n) is 4.29. The maximum atomic E-state index is 6.31. The van der Waals surface area contributed by atoms with Crippen LogP contribution in [0.5, 0.6) is 0 Å². The molecule has 2 aliphatic rings. The fourth-order valence-electron chi connectivity index (χ4n) is 2.83. The molecule has 2 aliphatic carbocycles. The summed E-state index contributed by atoms with van der Waals surface area (Å²) in [7, 11) is 0. The Morgan fingerprint density at radius 3 is 2.60 bits per heavy atom. The van der Waals surface area contributed by atoms with Crippen molar-refractivity contribution in [1.82, 2.24) is 5.32 Å². The normalized spacial score (nSPS) is 26.8. The molecule has 2 saturated carbocycles. The van der Waals surface area contributed by atoms with Crippen LogP contribution in [0.2, 0.25) is 0 Å². The van der Waals surface area contributed by atoms with Gasteiger partial charge in [0.15, 0.2) is 0 Å². The lowest BCUT2D eigenvalue weighted by Gasteiger charge is -2.24. The zero-order chi connectivity index (χ0) is 10.7. The second-order valence-electron chi connectivity index (χ2n) is 5.84. The first-order valence-corrected chi connectivity index (χ1v) is 6.69. The Balaban J connectivity index is 1.54. The van der Waals surface area contributed by atoms with Gasteiger partial charge in [0.2, 0.25) is 0 Å². The van der Waals surface area contributed by atoms with E-state index < -0.39 is 0 Å². The molecule has 2 nitrogen and oxygen atoms in total. The molecular weight excluding hydrogens is 184 g/mol. The molecule has 1 unspecified atom stereocenters. The Labute approximate surface area is 94.0 Å². The van der Waals surface area contributed by atoms with Gasteiger partial charge in [-0.1, -0.05) is 19.8 Å². The highest BCUT2D eigenvalue weighted by Crippen LogP contribution is 2.36. The van der Waals surface area contributed by atoms with E-state index >= 15 is 0 Å². The zero-order valence-corrected chi connectivity index (χ0v) is 10.1. The maximum Gasteiger partial charge on any atom is 0.0166 e. The lowest BCUT2D eigenvalue weighted by molar-refractivity contribution is 0.378. The van der Waals surface area contributed by atoms with Gasteiger partial charge in [0.05, 0.1) is 0 Å². The molecule has 0 amide bonds. The molecule has 2 rings (SSSR count). The standard InChI is InChI=1S/C13H26N2/c1-11(12-4-5-12)10-15-9-8-13(14)6-2-3-7-13/h11-12,15H,2-10,14H2,1H3. The topological polar surface area (TPSA) is 38.0 Å². The third-order valence-corrected chi connectivity index (χ3v) is 4.29. The summed E-state index contributed by atoms with van der Waals surface area (Å²) in [6.07, 6.45) is 9.27. The second-order valence-corrected chi connectivity index (χ2v) is 5.84. The van der Waals surface area contributed by atoms with Crippen molar-refractivity contribution in [2.45, 2.75) is 57.4 Å². The predicted octanol–water partition coefficient (Wildman–Crippen LogP) is 2.28. The quantitative estimate of drug-likeness (QED) is 0.660. The van der Waals surface area contributed by atoms with Crippen molar-refractivity contribution in [3.63, 3.8) is 0 Å². The molecule has 15 heavy (non-hydrogen) atoms. The summed E-state index contributed by atoms with van der Waals surface area (Å²) in [6.45, 7) is 4.69. The van der Waals surface area contributed by atoms with Crippen LogP contribution in [-0.4, -0.2) is 18.6 Å². The molecule has 1 atom stereocenters. The lowest BCUT2D eigenvalue weighted by atomic mass is 9.95. The van der Waals surface area contributed by atoms with Crippen LogP contribution in [0.4, 0.5) is 0 Å². The Morgan fingerprint density at radius 1 is 1.33 bits per heavy atom. The molecular formula is C13H26N2. The Kier molecular flexibility index (Phi) is 3.68. The number of hydrogen-bond donors (Lipinski definition) is 2. The molecule has 0 radical (unpaired) electrons. The Bertz CT molecular complexity index is 193. The number of hydrogen-bond acceptors (Lipinski definition) is 2. The lowest BCUT2D eigenvalue weighted by Crippen LogP contribution is -2.40. The average molecular weight is 210 g/mol. The highest BCUT2D eigenvalue weighted by molar-refractivity contribution is 4.89. The van der Waals surface area contributed by atoms with E-state index in [1.54, 1.807) is 0 Å². The highest BCUT2D eigenvalue weighted by Gasteiger charge is 2.29. The SMILES string of the molecule is CC(CNCCC1(N)CCCC1)C1CC1. The van der Waals surface area contributed by atoms with Gasteiger partial charge in [-0.25, -0.2) is 0 Å². The third kappa shape index (κ3) is 3.46. The monoisotopic (exact) mass is 210 g/mol. The average Bonchev–Trinajstić information content (AvgIpc) is 2.98. The van der Waals surface area contributed by atoms with Gasteiger partial charge in [-0.3, -0.25) is 0 Å². The molecule has 0 aromatic carbocycles. The van der Waals surface area contributed by atoms with E-state index in [1.165, 1.54) is 51.5 Å². The molecule has 0 aromatic heterocycles. The summed E-state index contributed by atoms with van der Waals surface area (Å²) in [5.41, 5.74) is 6.48. The number of rotatable bonds is 6. The van der Waals surface area contributed by atoms with E-state index in [1.807, 2.05) is 0 Å². The second kappa shape index (κ2) is 4.84. The first-order valence-electron chi connectivity index (χ1n) is 6.69. The van der Waals surface area contributed by atoms with Gasteiger partial charge in [-0.2, -0.15) is 0 Å². The van der Waals surface area contributed by atoms with Crippen LogP contribution in [0.15, 0.2) is 0 Å². The summed E-state index contributed by atoms with van der Waals surface area (Å²) in [6, 6.07) is 0. The molecule has 0 bridgehead atoms. The van der Waals surface area contributed by atoms with E-state index in [2.05, 4.69) is 12.2 Å². The maximum absolute atomic E-state index is 6.31. The molecule has 88 valence electrons. The van der Waals surface area contributed by atoms with Gasteiger partial charge < -0.3 is 11.1 Å². The summed E-state index contributed by atoms with van der Waals surface area (Å²) >= 11 is 0. The van der Waals surface area contributed by atoms with Crippen molar-refractivity contribution in [2.75, 3.05) is 13.1 Å². The minimum Gasteiger partial charge on any atom is -0.325 e. The molecule has 0 spiro atoms. The first-order chi connectivity index (χ1) is 7.20. The van der Waals surface area contributed by atoms with Crippen molar-refractivity contribution < 1.29 is 0 Å². The van der Waals surface area contributed by atoms with E-state index in [0.717, 1.165) is 18.4 Å². The minimum absolute atomic E-state index is 0.176. The van der Waals surface area contributed by atoms with E-state index in [9.17, 15) is 0 Å². The smallest absolute Gasteiger partial charge is 0.0166 e. The van der Waals surface area contributed by atoms with Crippen molar-refractivity contribution in [1.29, 1.82) is 0 Å². The van der Waals surface area contributed by atoms with Crippen LogP contribution in [0.3, 0.4) is 0 Å². The van der Waals surface area contributed by atoms with Gasteiger partial charge in [0, 0.05) is 5.54 Å². The van der Waals surface area contributed by atoms with Crippen LogP contribution in [0, 0.1) is 11.8 Å². The Morgan fingerprint density at radius 2 is 2.00 bits per heavy atom. The van der Waals surface area contributed by atoms with Gasteiger partial charge in [0.25, 0.3) is 0 Å². The van der Waals surface area contributed by atoms with Crippen LogP contribution >= 0.6 is 0 Å². The molecule has 2 heteroatoms. The van der Waals surface area contributed by atoms with E-state index in [4.69, 9.17) is 5.73 Å². The summed E-state index contributed by atoms with van der Waals surface area (Å²) < 4.78 is 0. The van der Waals surface area contributed by atoms with Crippen molar-refractivity contribution in [2.24, 2.45) is 17.6 Å². The minimum atomic E-state index is 0.176. The fourth-order valence-corrected chi connectivity index (χ4v) is 2.83. The van der Waals surface area contributed by atoms with Crippen molar-refractivity contribution in [3.8, 4) is 0 Å². The van der Waals surface area contributed by atoms with Gasteiger partial charge in [-0.15, -0.1) is 0 Å². The van der Waals surface area contributed by atoms with Crippen LogP contribution in [0.1, 0.15) is 51.9 Å². The van der Waals surface area contributed by atoms with Crippen LogP contribution in [-0.2, 0) is 0 Å². The number of nitrogens with one attached hydrogen (secondary N) is 1.